The molecular weight excluding hydrogens is 244 g/mol. The molecule has 1 aliphatic heterocycles. The van der Waals surface area contributed by atoms with E-state index < -0.39 is 0 Å². The van der Waals surface area contributed by atoms with E-state index in [1.807, 2.05) is 0 Å². The molecule has 0 aromatic carbocycles. The fraction of sp³-hybridized carbons (Fsp3) is 0.733. The van der Waals surface area contributed by atoms with E-state index in [9.17, 15) is 9.59 Å². The van der Waals surface area contributed by atoms with Crippen LogP contribution in [-0.2, 0) is 19.1 Å². The van der Waals surface area contributed by atoms with E-state index in [0.29, 0.717) is 6.42 Å². The molecule has 0 amide bonds. The summed E-state index contributed by atoms with van der Waals surface area (Å²) >= 11 is 0. The SMILES string of the molecule is CC(=O)O[C@H]1CCC(C)(C)C2=C1C[C@@H]1CC(=O)O[C@H]21. The van der Waals surface area contributed by atoms with Crippen molar-refractivity contribution in [3.63, 3.8) is 0 Å². The standard InChI is InChI=1S/C15H20O4/c1-8(16)18-11-4-5-15(2,3)13-10(11)6-9-7-12(17)19-14(9)13/h9,11,14H,4-7H2,1-3H3/t9-,11+,14+/m1/s1. The lowest BCUT2D eigenvalue weighted by Gasteiger charge is -2.37. The van der Waals surface area contributed by atoms with Gasteiger partial charge in [-0.3, -0.25) is 9.59 Å². The Hall–Kier alpha value is -1.32. The van der Waals surface area contributed by atoms with Crippen LogP contribution in [0.1, 0.15) is 46.5 Å². The molecule has 4 nitrogen and oxygen atoms in total. The molecule has 0 unspecified atom stereocenters. The highest BCUT2D eigenvalue weighted by molar-refractivity contribution is 5.74. The largest absolute Gasteiger partial charge is 0.458 e. The van der Waals surface area contributed by atoms with Crippen LogP contribution >= 0.6 is 0 Å². The summed E-state index contributed by atoms with van der Waals surface area (Å²) in [5, 5.41) is 0. The van der Waals surface area contributed by atoms with E-state index in [1.165, 1.54) is 18.1 Å². The number of esters is 2. The maximum absolute atomic E-state index is 11.5. The highest BCUT2D eigenvalue weighted by Gasteiger charge is 2.52. The molecule has 0 saturated carbocycles. The van der Waals surface area contributed by atoms with E-state index in [2.05, 4.69) is 13.8 Å². The van der Waals surface area contributed by atoms with Crippen LogP contribution in [0.2, 0.25) is 0 Å². The molecule has 0 aromatic rings. The van der Waals surface area contributed by atoms with Gasteiger partial charge in [-0.1, -0.05) is 13.8 Å². The first-order chi connectivity index (χ1) is 8.88. The molecule has 104 valence electrons. The third-order valence-corrected chi connectivity index (χ3v) is 4.69. The van der Waals surface area contributed by atoms with Gasteiger partial charge in [0.1, 0.15) is 12.2 Å². The summed E-state index contributed by atoms with van der Waals surface area (Å²) in [4.78, 5) is 22.7. The molecule has 0 bridgehead atoms. The minimum atomic E-state index is -0.231. The second kappa shape index (κ2) is 4.09. The zero-order valence-corrected chi connectivity index (χ0v) is 11.7. The van der Waals surface area contributed by atoms with Crippen molar-refractivity contribution in [2.24, 2.45) is 11.3 Å². The van der Waals surface area contributed by atoms with Crippen LogP contribution in [-0.4, -0.2) is 24.1 Å². The second-order valence-corrected chi connectivity index (χ2v) is 6.54. The zero-order chi connectivity index (χ0) is 13.8. The van der Waals surface area contributed by atoms with E-state index in [4.69, 9.17) is 9.47 Å². The van der Waals surface area contributed by atoms with Gasteiger partial charge in [-0.25, -0.2) is 0 Å². The summed E-state index contributed by atoms with van der Waals surface area (Å²) < 4.78 is 11.0. The summed E-state index contributed by atoms with van der Waals surface area (Å²) in [5.41, 5.74) is 2.48. The lowest BCUT2D eigenvalue weighted by molar-refractivity contribution is -0.146. The van der Waals surface area contributed by atoms with Gasteiger partial charge in [0.15, 0.2) is 0 Å². The molecular formula is C15H20O4. The average Bonchev–Trinajstić information content (AvgIpc) is 2.77. The van der Waals surface area contributed by atoms with Crippen LogP contribution in [0, 0.1) is 11.3 Å². The number of ether oxygens (including phenoxy) is 2. The number of hydrogen-bond acceptors (Lipinski definition) is 4. The van der Waals surface area contributed by atoms with Crippen LogP contribution in [0.5, 0.6) is 0 Å². The first-order valence-corrected chi connectivity index (χ1v) is 6.98. The van der Waals surface area contributed by atoms with Crippen molar-refractivity contribution in [3.8, 4) is 0 Å². The van der Waals surface area contributed by atoms with Crippen LogP contribution in [0.15, 0.2) is 11.1 Å². The average molecular weight is 264 g/mol. The van der Waals surface area contributed by atoms with Gasteiger partial charge in [0.25, 0.3) is 0 Å². The van der Waals surface area contributed by atoms with Gasteiger partial charge in [0, 0.05) is 12.8 Å². The Morgan fingerprint density at radius 3 is 2.79 bits per heavy atom. The van der Waals surface area contributed by atoms with Gasteiger partial charge < -0.3 is 9.47 Å². The van der Waals surface area contributed by atoms with Gasteiger partial charge in [-0.15, -0.1) is 0 Å². The predicted molar refractivity (Wildman–Crippen MR) is 68.2 cm³/mol. The number of rotatable bonds is 1. The Morgan fingerprint density at radius 1 is 1.37 bits per heavy atom. The lowest BCUT2D eigenvalue weighted by Crippen LogP contribution is -2.33. The minimum Gasteiger partial charge on any atom is -0.458 e. The van der Waals surface area contributed by atoms with Gasteiger partial charge in [0.2, 0.25) is 0 Å². The fourth-order valence-electron chi connectivity index (χ4n) is 3.91. The number of carbonyl (C=O) groups is 2. The molecule has 0 N–H and O–H groups in total. The van der Waals surface area contributed by atoms with Crippen LogP contribution in [0.4, 0.5) is 0 Å². The van der Waals surface area contributed by atoms with Crippen molar-refractivity contribution >= 4 is 11.9 Å². The third-order valence-electron chi connectivity index (χ3n) is 4.69. The Kier molecular flexibility index (Phi) is 2.73. The number of fused-ring (bicyclic) bond motifs is 2. The second-order valence-electron chi connectivity index (χ2n) is 6.54. The smallest absolute Gasteiger partial charge is 0.306 e. The Morgan fingerprint density at radius 2 is 2.11 bits per heavy atom. The normalized spacial score (nSPS) is 35.7. The van der Waals surface area contributed by atoms with Gasteiger partial charge in [-0.2, -0.15) is 0 Å². The molecule has 3 atom stereocenters. The minimum absolute atomic E-state index is 0.0377. The maximum atomic E-state index is 11.5. The number of hydrogen-bond donors (Lipinski definition) is 0. The molecule has 1 heterocycles. The molecule has 3 aliphatic rings. The van der Waals surface area contributed by atoms with Crippen molar-refractivity contribution in [3.05, 3.63) is 11.1 Å². The summed E-state index contributed by atoms with van der Waals surface area (Å²) in [6.07, 6.45) is 3.00. The van der Waals surface area contributed by atoms with Gasteiger partial charge in [0.05, 0.1) is 6.42 Å². The summed E-state index contributed by atoms with van der Waals surface area (Å²) in [7, 11) is 0. The van der Waals surface area contributed by atoms with E-state index in [1.54, 1.807) is 0 Å². The van der Waals surface area contributed by atoms with Gasteiger partial charge in [-0.05, 0) is 35.8 Å². The first kappa shape index (κ1) is 12.7. The molecule has 1 saturated heterocycles. The summed E-state index contributed by atoms with van der Waals surface area (Å²) in [6, 6.07) is 0. The molecule has 1 fully saturated rings. The summed E-state index contributed by atoms with van der Waals surface area (Å²) in [5.74, 6) is -0.0643. The fourth-order valence-corrected chi connectivity index (χ4v) is 3.91. The molecule has 3 rings (SSSR count). The van der Waals surface area contributed by atoms with Gasteiger partial charge >= 0.3 is 11.9 Å². The van der Waals surface area contributed by atoms with E-state index >= 15 is 0 Å². The lowest BCUT2D eigenvalue weighted by atomic mass is 9.71. The van der Waals surface area contributed by atoms with Crippen molar-refractivity contribution in [2.45, 2.75) is 58.7 Å². The van der Waals surface area contributed by atoms with Crippen molar-refractivity contribution in [1.29, 1.82) is 0 Å². The van der Waals surface area contributed by atoms with E-state index in [-0.39, 0.29) is 35.5 Å². The first-order valence-electron chi connectivity index (χ1n) is 6.98. The van der Waals surface area contributed by atoms with Crippen molar-refractivity contribution in [1.82, 2.24) is 0 Å². The highest BCUT2D eigenvalue weighted by atomic mass is 16.6. The zero-order valence-electron chi connectivity index (χ0n) is 11.7. The molecule has 0 spiro atoms. The van der Waals surface area contributed by atoms with E-state index in [0.717, 1.165) is 19.3 Å². The predicted octanol–water partition coefficient (Wildman–Crippen LogP) is 2.37. The molecule has 19 heavy (non-hydrogen) atoms. The van der Waals surface area contributed by atoms with Crippen LogP contribution < -0.4 is 0 Å². The molecule has 0 radical (unpaired) electrons. The summed E-state index contributed by atoms with van der Waals surface area (Å²) in [6.45, 7) is 5.84. The molecule has 4 heteroatoms. The number of carbonyl (C=O) groups excluding carboxylic acids is 2. The van der Waals surface area contributed by atoms with Crippen molar-refractivity contribution < 1.29 is 19.1 Å². The Bertz CT molecular complexity index is 475. The molecule has 0 aromatic heterocycles. The Balaban J connectivity index is 1.96. The quantitative estimate of drug-likeness (QED) is 0.539. The third kappa shape index (κ3) is 1.97. The monoisotopic (exact) mass is 264 g/mol. The highest BCUT2D eigenvalue weighted by Crippen LogP contribution is 2.54. The van der Waals surface area contributed by atoms with Crippen LogP contribution in [0.3, 0.4) is 0 Å². The molecule has 2 aliphatic carbocycles. The van der Waals surface area contributed by atoms with Crippen molar-refractivity contribution in [2.75, 3.05) is 0 Å². The Labute approximate surface area is 113 Å². The maximum Gasteiger partial charge on any atom is 0.306 e. The topological polar surface area (TPSA) is 52.6 Å². The van der Waals surface area contributed by atoms with Crippen LogP contribution in [0.25, 0.3) is 0 Å².